The van der Waals surface area contributed by atoms with Crippen molar-refractivity contribution in [1.29, 1.82) is 0 Å². The van der Waals surface area contributed by atoms with Crippen molar-refractivity contribution in [2.45, 2.75) is 20.4 Å². The number of furan rings is 1. The van der Waals surface area contributed by atoms with Crippen LogP contribution in [0.25, 0.3) is 0 Å². The van der Waals surface area contributed by atoms with Gasteiger partial charge in [0, 0.05) is 44.0 Å². The van der Waals surface area contributed by atoms with Gasteiger partial charge in [-0.3, -0.25) is 4.90 Å². The lowest BCUT2D eigenvalue weighted by Crippen LogP contribution is -2.46. The molecule has 2 heterocycles. The summed E-state index contributed by atoms with van der Waals surface area (Å²) in [5.41, 5.74) is 5.38. The van der Waals surface area contributed by atoms with Gasteiger partial charge in [0.15, 0.2) is 0 Å². The maximum absolute atomic E-state index is 5.14. The van der Waals surface area contributed by atoms with Crippen molar-refractivity contribution in [3.63, 3.8) is 0 Å². The Labute approximate surface area is 120 Å². The van der Waals surface area contributed by atoms with E-state index in [0.717, 1.165) is 32.7 Å². The largest absolute Gasteiger partial charge is 0.472 e. The van der Waals surface area contributed by atoms with Crippen LogP contribution in [0.1, 0.15) is 16.7 Å². The molecule has 0 N–H and O–H groups in total. The molecular formula is C17H22N2O. The highest BCUT2D eigenvalue weighted by Gasteiger charge is 2.18. The second-order valence-electron chi connectivity index (χ2n) is 5.68. The molecular weight excluding hydrogens is 248 g/mol. The van der Waals surface area contributed by atoms with Gasteiger partial charge in [0.05, 0.1) is 12.5 Å². The van der Waals surface area contributed by atoms with Crippen LogP contribution in [0, 0.1) is 13.8 Å². The molecule has 0 saturated carbocycles. The molecule has 0 radical (unpaired) electrons. The highest BCUT2D eigenvalue weighted by Crippen LogP contribution is 2.23. The van der Waals surface area contributed by atoms with Crippen LogP contribution in [0.15, 0.2) is 41.2 Å². The van der Waals surface area contributed by atoms with Gasteiger partial charge < -0.3 is 9.32 Å². The molecule has 0 bridgehead atoms. The van der Waals surface area contributed by atoms with Crippen molar-refractivity contribution >= 4 is 5.69 Å². The van der Waals surface area contributed by atoms with Gasteiger partial charge in [0.1, 0.15) is 0 Å². The summed E-state index contributed by atoms with van der Waals surface area (Å²) < 4.78 is 5.14. The molecule has 1 aliphatic rings. The van der Waals surface area contributed by atoms with E-state index < -0.39 is 0 Å². The minimum absolute atomic E-state index is 0.997. The van der Waals surface area contributed by atoms with Gasteiger partial charge in [-0.1, -0.05) is 12.1 Å². The Balaban J connectivity index is 1.62. The van der Waals surface area contributed by atoms with Crippen LogP contribution in [-0.2, 0) is 6.54 Å². The molecule has 1 aromatic carbocycles. The Morgan fingerprint density at radius 2 is 1.85 bits per heavy atom. The Morgan fingerprint density at radius 3 is 2.55 bits per heavy atom. The molecule has 1 fully saturated rings. The van der Waals surface area contributed by atoms with Gasteiger partial charge in [0.25, 0.3) is 0 Å². The number of anilines is 1. The van der Waals surface area contributed by atoms with Crippen LogP contribution >= 0.6 is 0 Å². The van der Waals surface area contributed by atoms with E-state index in [1.165, 1.54) is 22.4 Å². The summed E-state index contributed by atoms with van der Waals surface area (Å²) >= 11 is 0. The zero-order valence-corrected chi connectivity index (χ0v) is 12.3. The number of piperazine rings is 1. The number of benzene rings is 1. The van der Waals surface area contributed by atoms with E-state index >= 15 is 0 Å². The molecule has 3 heteroatoms. The van der Waals surface area contributed by atoms with Crippen molar-refractivity contribution in [3.05, 3.63) is 53.5 Å². The first-order valence-electron chi connectivity index (χ1n) is 7.28. The smallest absolute Gasteiger partial charge is 0.0947 e. The van der Waals surface area contributed by atoms with Gasteiger partial charge >= 0.3 is 0 Å². The molecule has 1 aromatic heterocycles. The zero-order valence-electron chi connectivity index (χ0n) is 12.3. The third-order valence-electron chi connectivity index (χ3n) is 4.06. The molecule has 3 nitrogen and oxygen atoms in total. The highest BCUT2D eigenvalue weighted by atomic mass is 16.3. The third-order valence-corrected chi connectivity index (χ3v) is 4.06. The molecule has 2 aromatic rings. The van der Waals surface area contributed by atoms with Crippen molar-refractivity contribution in [1.82, 2.24) is 4.90 Å². The fourth-order valence-electron chi connectivity index (χ4n) is 2.85. The van der Waals surface area contributed by atoms with Crippen LogP contribution < -0.4 is 4.90 Å². The Bertz CT molecular complexity index is 554. The Morgan fingerprint density at radius 1 is 1.05 bits per heavy atom. The first-order valence-corrected chi connectivity index (χ1v) is 7.28. The Hall–Kier alpha value is -1.74. The van der Waals surface area contributed by atoms with Crippen molar-refractivity contribution in [2.75, 3.05) is 31.1 Å². The van der Waals surface area contributed by atoms with E-state index in [9.17, 15) is 0 Å². The van der Waals surface area contributed by atoms with Crippen LogP contribution in [-0.4, -0.2) is 31.1 Å². The van der Waals surface area contributed by atoms with Gasteiger partial charge in [-0.2, -0.15) is 0 Å². The van der Waals surface area contributed by atoms with Crippen molar-refractivity contribution in [3.8, 4) is 0 Å². The SMILES string of the molecule is Cc1ccc(C)c(N2CCN(Cc3ccoc3)CC2)c1. The predicted octanol–water partition coefficient (Wildman–Crippen LogP) is 3.22. The van der Waals surface area contributed by atoms with E-state index in [2.05, 4.69) is 47.9 Å². The fourth-order valence-corrected chi connectivity index (χ4v) is 2.85. The molecule has 106 valence electrons. The van der Waals surface area contributed by atoms with E-state index in [1.54, 1.807) is 6.26 Å². The van der Waals surface area contributed by atoms with Gasteiger partial charge in [-0.25, -0.2) is 0 Å². The summed E-state index contributed by atoms with van der Waals surface area (Å²) in [7, 11) is 0. The molecule has 0 spiro atoms. The van der Waals surface area contributed by atoms with Crippen molar-refractivity contribution in [2.24, 2.45) is 0 Å². The number of nitrogens with zero attached hydrogens (tertiary/aromatic N) is 2. The van der Waals surface area contributed by atoms with Crippen LogP contribution in [0.4, 0.5) is 5.69 Å². The van der Waals surface area contributed by atoms with Gasteiger partial charge in [0.2, 0.25) is 0 Å². The topological polar surface area (TPSA) is 19.6 Å². The van der Waals surface area contributed by atoms with Gasteiger partial charge in [-0.15, -0.1) is 0 Å². The zero-order chi connectivity index (χ0) is 13.9. The molecule has 3 rings (SSSR count). The molecule has 0 amide bonds. The average Bonchev–Trinajstić information content (AvgIpc) is 2.95. The van der Waals surface area contributed by atoms with Crippen LogP contribution in [0.2, 0.25) is 0 Å². The van der Waals surface area contributed by atoms with Gasteiger partial charge in [-0.05, 0) is 37.1 Å². The van der Waals surface area contributed by atoms with Crippen molar-refractivity contribution < 1.29 is 4.42 Å². The minimum atomic E-state index is 0.997. The maximum Gasteiger partial charge on any atom is 0.0947 e. The van der Waals surface area contributed by atoms with Crippen LogP contribution in [0.5, 0.6) is 0 Å². The minimum Gasteiger partial charge on any atom is -0.472 e. The predicted molar refractivity (Wildman–Crippen MR) is 82.1 cm³/mol. The van der Waals surface area contributed by atoms with E-state index in [1.807, 2.05) is 6.26 Å². The lowest BCUT2D eigenvalue weighted by atomic mass is 10.1. The first-order chi connectivity index (χ1) is 9.72. The second kappa shape index (κ2) is 5.71. The van der Waals surface area contributed by atoms with E-state index in [0.29, 0.717) is 0 Å². The molecule has 0 atom stereocenters. The Kier molecular flexibility index (Phi) is 3.79. The first kappa shape index (κ1) is 13.3. The summed E-state index contributed by atoms with van der Waals surface area (Å²) in [6, 6.07) is 8.77. The molecule has 0 aliphatic carbocycles. The molecule has 0 unspecified atom stereocenters. The van der Waals surface area contributed by atoms with Crippen LogP contribution in [0.3, 0.4) is 0 Å². The molecule has 20 heavy (non-hydrogen) atoms. The quantitative estimate of drug-likeness (QED) is 0.854. The number of rotatable bonds is 3. The number of hydrogen-bond donors (Lipinski definition) is 0. The fraction of sp³-hybridized carbons (Fsp3) is 0.412. The van der Waals surface area contributed by atoms with E-state index in [-0.39, 0.29) is 0 Å². The lowest BCUT2D eigenvalue weighted by molar-refractivity contribution is 0.249. The summed E-state index contributed by atoms with van der Waals surface area (Å²) in [4.78, 5) is 5.00. The maximum atomic E-state index is 5.14. The molecule has 1 saturated heterocycles. The summed E-state index contributed by atoms with van der Waals surface area (Å²) in [5, 5.41) is 0. The number of hydrogen-bond acceptors (Lipinski definition) is 3. The normalized spacial score (nSPS) is 16.6. The summed E-state index contributed by atoms with van der Waals surface area (Å²) in [6.07, 6.45) is 3.60. The lowest BCUT2D eigenvalue weighted by Gasteiger charge is -2.36. The highest BCUT2D eigenvalue weighted by molar-refractivity contribution is 5.55. The standard InChI is InChI=1S/C17H22N2O/c1-14-3-4-15(2)17(11-14)19-8-6-18(7-9-19)12-16-5-10-20-13-16/h3-5,10-11,13H,6-9,12H2,1-2H3. The summed E-state index contributed by atoms with van der Waals surface area (Å²) in [5.74, 6) is 0. The second-order valence-corrected chi connectivity index (χ2v) is 5.68. The third kappa shape index (κ3) is 2.88. The summed E-state index contributed by atoms with van der Waals surface area (Å²) in [6.45, 7) is 9.78. The monoisotopic (exact) mass is 270 g/mol. The molecule has 1 aliphatic heterocycles. The van der Waals surface area contributed by atoms with E-state index in [4.69, 9.17) is 4.42 Å². The number of aryl methyl sites for hydroxylation is 2. The average molecular weight is 270 g/mol.